The Hall–Kier alpha value is -0.960. The van der Waals surface area contributed by atoms with Crippen LogP contribution in [0, 0.1) is 13.8 Å². The van der Waals surface area contributed by atoms with Gasteiger partial charge in [0.25, 0.3) is 0 Å². The van der Waals surface area contributed by atoms with Crippen LogP contribution < -0.4 is 4.72 Å². The van der Waals surface area contributed by atoms with Crippen LogP contribution in [-0.2, 0) is 14.8 Å². The minimum absolute atomic E-state index is 0.0861. The fourth-order valence-corrected chi connectivity index (χ4v) is 3.82. The third-order valence-corrected chi connectivity index (χ3v) is 5.15. The lowest BCUT2D eigenvalue weighted by atomic mass is 10.2. The van der Waals surface area contributed by atoms with Gasteiger partial charge in [0.05, 0.1) is 24.1 Å². The Balaban J connectivity index is 1.90. The van der Waals surface area contributed by atoms with Crippen molar-refractivity contribution in [3.8, 4) is 0 Å². The molecule has 0 saturated carbocycles. The molecule has 20 heavy (non-hydrogen) atoms. The molecule has 2 rings (SSSR count). The van der Waals surface area contributed by atoms with Crippen molar-refractivity contribution >= 4 is 10.0 Å². The summed E-state index contributed by atoms with van der Waals surface area (Å²) in [6.45, 7) is 6.21. The normalized spacial score (nSPS) is 21.2. The molecule has 2 heterocycles. The molecule has 0 spiro atoms. The highest BCUT2D eigenvalue weighted by atomic mass is 32.2. The quantitative estimate of drug-likeness (QED) is 0.801. The SMILES string of the molecule is Cc1n[nH]c(C)c1S(=O)(=O)NCCC1CN(C)CCO1. The number of aromatic amines is 1. The lowest BCUT2D eigenvalue weighted by Gasteiger charge is -2.30. The molecule has 1 atom stereocenters. The molecule has 8 heteroatoms. The van der Waals surface area contributed by atoms with Gasteiger partial charge in [-0.2, -0.15) is 5.10 Å². The number of morpholine rings is 1. The summed E-state index contributed by atoms with van der Waals surface area (Å²) in [5, 5.41) is 6.60. The molecular formula is C12H22N4O3S. The number of sulfonamides is 1. The summed E-state index contributed by atoms with van der Waals surface area (Å²) in [6, 6.07) is 0. The second-order valence-corrected chi connectivity index (χ2v) is 6.91. The maximum Gasteiger partial charge on any atom is 0.244 e. The average Bonchev–Trinajstić information content (AvgIpc) is 2.69. The van der Waals surface area contributed by atoms with Crippen LogP contribution in [-0.4, -0.2) is 62.9 Å². The largest absolute Gasteiger partial charge is 0.376 e. The van der Waals surface area contributed by atoms with Gasteiger partial charge in [0.1, 0.15) is 4.90 Å². The molecule has 1 aliphatic rings. The van der Waals surface area contributed by atoms with Crippen LogP contribution in [0.1, 0.15) is 17.8 Å². The predicted octanol–water partition coefficient (Wildman–Crippen LogP) is 0.0255. The number of likely N-dealkylation sites (N-methyl/N-ethyl adjacent to an activating group) is 1. The summed E-state index contributed by atoms with van der Waals surface area (Å²) in [5.41, 5.74) is 1.05. The van der Waals surface area contributed by atoms with E-state index in [1.54, 1.807) is 13.8 Å². The molecule has 2 N–H and O–H groups in total. The first kappa shape index (κ1) is 15.4. The van der Waals surface area contributed by atoms with E-state index in [0.29, 0.717) is 31.0 Å². The van der Waals surface area contributed by atoms with E-state index < -0.39 is 10.0 Å². The van der Waals surface area contributed by atoms with Crippen molar-refractivity contribution in [2.24, 2.45) is 0 Å². The first-order valence-electron chi connectivity index (χ1n) is 6.71. The Morgan fingerprint density at radius 1 is 1.50 bits per heavy atom. The van der Waals surface area contributed by atoms with E-state index in [-0.39, 0.29) is 11.0 Å². The van der Waals surface area contributed by atoms with Crippen molar-refractivity contribution in [3.05, 3.63) is 11.4 Å². The number of nitrogens with one attached hydrogen (secondary N) is 2. The minimum atomic E-state index is -3.51. The van der Waals surface area contributed by atoms with Gasteiger partial charge in [-0.3, -0.25) is 5.10 Å². The van der Waals surface area contributed by atoms with Gasteiger partial charge in [0.2, 0.25) is 10.0 Å². The van der Waals surface area contributed by atoms with Crippen molar-refractivity contribution in [2.75, 3.05) is 33.3 Å². The van der Waals surface area contributed by atoms with E-state index >= 15 is 0 Å². The third-order valence-electron chi connectivity index (χ3n) is 3.43. The molecule has 1 aliphatic heterocycles. The fourth-order valence-electron chi connectivity index (χ4n) is 2.40. The van der Waals surface area contributed by atoms with E-state index in [2.05, 4.69) is 19.8 Å². The van der Waals surface area contributed by atoms with Gasteiger partial charge >= 0.3 is 0 Å². The number of H-pyrrole nitrogens is 1. The van der Waals surface area contributed by atoms with Crippen molar-refractivity contribution in [3.63, 3.8) is 0 Å². The second kappa shape index (κ2) is 6.21. The van der Waals surface area contributed by atoms with Crippen LogP contribution in [0.3, 0.4) is 0 Å². The molecule has 1 aromatic heterocycles. The molecule has 1 unspecified atom stereocenters. The highest BCUT2D eigenvalue weighted by Gasteiger charge is 2.23. The Morgan fingerprint density at radius 2 is 2.25 bits per heavy atom. The van der Waals surface area contributed by atoms with Gasteiger partial charge in [-0.1, -0.05) is 0 Å². The number of ether oxygens (including phenoxy) is 1. The Morgan fingerprint density at radius 3 is 2.85 bits per heavy atom. The van der Waals surface area contributed by atoms with Crippen LogP contribution in [0.15, 0.2) is 4.90 Å². The average molecular weight is 302 g/mol. The molecule has 0 radical (unpaired) electrons. The van der Waals surface area contributed by atoms with Crippen molar-refractivity contribution < 1.29 is 13.2 Å². The second-order valence-electron chi connectivity index (χ2n) is 5.20. The van der Waals surface area contributed by atoms with Crippen molar-refractivity contribution in [2.45, 2.75) is 31.3 Å². The maximum atomic E-state index is 12.2. The van der Waals surface area contributed by atoms with E-state index in [1.165, 1.54) is 0 Å². The Kier molecular flexibility index (Phi) is 4.79. The number of aryl methyl sites for hydroxylation is 2. The topological polar surface area (TPSA) is 87.3 Å². The van der Waals surface area contributed by atoms with Crippen LogP contribution in [0.5, 0.6) is 0 Å². The fraction of sp³-hybridized carbons (Fsp3) is 0.750. The van der Waals surface area contributed by atoms with Crippen LogP contribution in [0.4, 0.5) is 0 Å². The summed E-state index contributed by atoms with van der Waals surface area (Å²) >= 11 is 0. The number of nitrogens with zero attached hydrogens (tertiary/aromatic N) is 2. The molecule has 0 amide bonds. The summed E-state index contributed by atoms with van der Waals surface area (Å²) in [6.07, 6.45) is 0.752. The zero-order chi connectivity index (χ0) is 14.8. The molecule has 1 aromatic rings. The Bertz CT molecular complexity index is 536. The van der Waals surface area contributed by atoms with Gasteiger partial charge in [0.15, 0.2) is 0 Å². The monoisotopic (exact) mass is 302 g/mol. The van der Waals surface area contributed by atoms with Crippen LogP contribution in [0.25, 0.3) is 0 Å². The maximum absolute atomic E-state index is 12.2. The first-order valence-corrected chi connectivity index (χ1v) is 8.20. The molecule has 0 bridgehead atoms. The van der Waals surface area contributed by atoms with E-state index in [1.807, 2.05) is 7.05 Å². The molecule has 114 valence electrons. The van der Waals surface area contributed by atoms with Crippen molar-refractivity contribution in [1.29, 1.82) is 0 Å². The smallest absolute Gasteiger partial charge is 0.244 e. The number of hydrogen-bond acceptors (Lipinski definition) is 5. The molecule has 7 nitrogen and oxygen atoms in total. The van der Waals surface area contributed by atoms with Crippen LogP contribution >= 0.6 is 0 Å². The lowest BCUT2D eigenvalue weighted by Crippen LogP contribution is -2.41. The summed E-state index contributed by atoms with van der Waals surface area (Å²) in [5.74, 6) is 0. The minimum Gasteiger partial charge on any atom is -0.376 e. The van der Waals surface area contributed by atoms with Crippen LogP contribution in [0.2, 0.25) is 0 Å². The van der Waals surface area contributed by atoms with E-state index in [0.717, 1.165) is 13.1 Å². The standard InChI is InChI=1S/C12H22N4O3S/c1-9-12(10(2)15-14-9)20(17,18)13-5-4-11-8-16(3)6-7-19-11/h11,13H,4-8H2,1-3H3,(H,14,15). The number of hydrogen-bond donors (Lipinski definition) is 2. The van der Waals surface area contributed by atoms with E-state index in [9.17, 15) is 8.42 Å². The zero-order valence-corrected chi connectivity index (χ0v) is 13.0. The molecule has 1 fully saturated rings. The molecule has 0 aliphatic carbocycles. The summed E-state index contributed by atoms with van der Waals surface area (Å²) in [7, 11) is -1.47. The molecule has 0 aromatic carbocycles. The molecular weight excluding hydrogens is 280 g/mol. The summed E-state index contributed by atoms with van der Waals surface area (Å²) < 4.78 is 32.7. The number of aromatic nitrogens is 2. The zero-order valence-electron chi connectivity index (χ0n) is 12.1. The first-order chi connectivity index (χ1) is 9.40. The van der Waals surface area contributed by atoms with Crippen molar-refractivity contribution in [1.82, 2.24) is 19.8 Å². The lowest BCUT2D eigenvalue weighted by molar-refractivity contribution is -0.0222. The molecule has 1 saturated heterocycles. The van der Waals surface area contributed by atoms with Gasteiger partial charge in [-0.05, 0) is 27.3 Å². The third kappa shape index (κ3) is 3.57. The summed E-state index contributed by atoms with van der Waals surface area (Å²) in [4.78, 5) is 2.44. The Labute approximate surface area is 119 Å². The highest BCUT2D eigenvalue weighted by molar-refractivity contribution is 7.89. The van der Waals surface area contributed by atoms with Gasteiger partial charge in [-0.15, -0.1) is 0 Å². The highest BCUT2D eigenvalue weighted by Crippen LogP contribution is 2.16. The van der Waals surface area contributed by atoms with Gasteiger partial charge in [0, 0.05) is 19.6 Å². The number of rotatable bonds is 5. The van der Waals surface area contributed by atoms with Gasteiger partial charge < -0.3 is 9.64 Å². The van der Waals surface area contributed by atoms with Gasteiger partial charge in [-0.25, -0.2) is 13.1 Å². The predicted molar refractivity (Wildman–Crippen MR) is 75.1 cm³/mol. The van der Waals surface area contributed by atoms with E-state index in [4.69, 9.17) is 4.74 Å².